The molecule has 11 heteroatoms. The minimum atomic E-state index is -0.673. The van der Waals surface area contributed by atoms with Gasteiger partial charge in [-0.1, -0.05) is 32.0 Å². The van der Waals surface area contributed by atoms with Gasteiger partial charge in [-0.05, 0) is 101 Å². The number of carbonyl (C=O) groups excluding carboxylic acids is 3. The van der Waals surface area contributed by atoms with E-state index in [4.69, 9.17) is 4.74 Å². The van der Waals surface area contributed by atoms with Crippen LogP contribution in [0.3, 0.4) is 0 Å². The first-order valence-electron chi connectivity index (χ1n) is 14.4. The zero-order valence-electron chi connectivity index (χ0n) is 25.4. The van der Waals surface area contributed by atoms with E-state index in [-0.39, 0.29) is 11.7 Å². The summed E-state index contributed by atoms with van der Waals surface area (Å²) >= 11 is 0. The third-order valence-corrected chi connectivity index (χ3v) is 6.50. The molecule has 0 fully saturated rings. The number of para-hydroxylation sites is 2. The Balaban J connectivity index is 1.71. The van der Waals surface area contributed by atoms with E-state index in [9.17, 15) is 18.8 Å². The first-order chi connectivity index (χ1) is 20.5. The lowest BCUT2D eigenvalue weighted by Crippen LogP contribution is -2.33. The van der Waals surface area contributed by atoms with Crippen molar-refractivity contribution in [2.45, 2.75) is 59.1 Å². The molecule has 0 saturated heterocycles. The number of hydrogen-bond donors (Lipinski definition) is 4. The number of aromatic nitrogens is 1. The quantitative estimate of drug-likeness (QED) is 0.183. The monoisotopic (exact) mass is 592 g/mol. The summed E-state index contributed by atoms with van der Waals surface area (Å²) < 4.78 is 18.6. The first kappa shape index (κ1) is 33.0. The average molecular weight is 593 g/mol. The Labute approximate surface area is 252 Å². The lowest BCUT2D eigenvalue weighted by atomic mass is 10.0. The highest BCUT2D eigenvalue weighted by Crippen LogP contribution is 2.24. The number of pyridine rings is 1. The van der Waals surface area contributed by atoms with E-state index in [0.717, 1.165) is 31.6 Å². The fourth-order valence-corrected chi connectivity index (χ4v) is 4.29. The third-order valence-electron chi connectivity index (χ3n) is 6.50. The maximum Gasteiger partial charge on any atom is 0.412 e. The van der Waals surface area contributed by atoms with E-state index in [1.54, 1.807) is 63.4 Å². The van der Waals surface area contributed by atoms with Gasteiger partial charge in [-0.15, -0.1) is 0 Å². The summed E-state index contributed by atoms with van der Waals surface area (Å²) in [5.41, 5.74) is 1.45. The minimum absolute atomic E-state index is 0.161. The molecular formula is C32H41FN6O4. The molecule has 1 unspecified atom stereocenters. The number of nitrogens with zero attached hydrogens (tertiary/aromatic N) is 2. The summed E-state index contributed by atoms with van der Waals surface area (Å²) in [6.07, 6.45) is 2.40. The van der Waals surface area contributed by atoms with Crippen LogP contribution in [0.5, 0.6) is 0 Å². The molecule has 4 amide bonds. The normalized spacial score (nSPS) is 11.9. The number of amides is 4. The SMILES string of the molecule is CCN(CC)CCCC(NC(=O)Nc1ccc(F)cc1)c1ccc(C(=O)Nc2ccccc2NC(=O)OC(C)(C)C)nc1. The molecule has 3 aromatic rings. The number of urea groups is 1. The van der Waals surface area contributed by atoms with Crippen LogP contribution in [0.2, 0.25) is 0 Å². The van der Waals surface area contributed by atoms with Crippen LogP contribution >= 0.6 is 0 Å². The summed E-state index contributed by atoms with van der Waals surface area (Å²) in [6, 6.07) is 14.8. The van der Waals surface area contributed by atoms with E-state index < -0.39 is 29.4 Å². The second kappa shape index (κ2) is 15.6. The molecule has 43 heavy (non-hydrogen) atoms. The number of carbonyl (C=O) groups is 3. The molecule has 1 atom stereocenters. The summed E-state index contributed by atoms with van der Waals surface area (Å²) in [7, 11) is 0. The number of rotatable bonds is 12. The van der Waals surface area contributed by atoms with E-state index in [0.29, 0.717) is 23.5 Å². The summed E-state index contributed by atoms with van der Waals surface area (Å²) in [6.45, 7) is 12.2. The Morgan fingerprint density at radius 3 is 2.14 bits per heavy atom. The van der Waals surface area contributed by atoms with Crippen molar-refractivity contribution in [3.05, 3.63) is 83.9 Å². The summed E-state index contributed by atoms with van der Waals surface area (Å²) in [5, 5.41) is 11.2. The second-order valence-electron chi connectivity index (χ2n) is 10.9. The van der Waals surface area contributed by atoms with Crippen molar-refractivity contribution in [1.82, 2.24) is 15.2 Å². The number of halogens is 1. The average Bonchev–Trinajstić information content (AvgIpc) is 2.96. The first-order valence-corrected chi connectivity index (χ1v) is 14.4. The van der Waals surface area contributed by atoms with Gasteiger partial charge >= 0.3 is 12.1 Å². The molecule has 4 N–H and O–H groups in total. The Morgan fingerprint density at radius 2 is 1.56 bits per heavy atom. The maximum atomic E-state index is 13.3. The Hall–Kier alpha value is -4.51. The van der Waals surface area contributed by atoms with Gasteiger partial charge in [-0.2, -0.15) is 0 Å². The molecule has 0 saturated carbocycles. The van der Waals surface area contributed by atoms with Gasteiger partial charge in [0.15, 0.2) is 0 Å². The van der Waals surface area contributed by atoms with Crippen LogP contribution in [0.15, 0.2) is 66.9 Å². The van der Waals surface area contributed by atoms with Crippen molar-refractivity contribution in [1.29, 1.82) is 0 Å². The molecule has 0 aliphatic rings. The van der Waals surface area contributed by atoms with Crippen LogP contribution in [0.4, 0.5) is 31.0 Å². The Bertz CT molecular complexity index is 1360. The molecule has 0 aliphatic heterocycles. The molecular weight excluding hydrogens is 551 g/mol. The van der Waals surface area contributed by atoms with Crippen LogP contribution < -0.4 is 21.3 Å². The minimum Gasteiger partial charge on any atom is -0.444 e. The topological polar surface area (TPSA) is 125 Å². The van der Waals surface area contributed by atoms with Crippen LogP contribution in [0.25, 0.3) is 0 Å². The van der Waals surface area contributed by atoms with E-state index in [1.807, 2.05) is 0 Å². The molecule has 10 nitrogen and oxygen atoms in total. The largest absolute Gasteiger partial charge is 0.444 e. The number of nitrogens with one attached hydrogen (secondary N) is 4. The van der Waals surface area contributed by atoms with E-state index >= 15 is 0 Å². The van der Waals surface area contributed by atoms with Crippen LogP contribution in [-0.4, -0.2) is 53.2 Å². The molecule has 1 aromatic heterocycles. The number of hydrogen-bond acceptors (Lipinski definition) is 6. The van der Waals surface area contributed by atoms with Crippen molar-refractivity contribution < 1.29 is 23.5 Å². The maximum absolute atomic E-state index is 13.3. The van der Waals surface area contributed by atoms with Gasteiger partial charge < -0.3 is 25.6 Å². The standard InChI is InChI=1S/C32H41FN6O4/c1-6-39(7-2)20-10-13-25(37-30(41)35-24-17-15-23(33)16-18-24)22-14-19-28(34-21-22)29(40)36-26-11-8-9-12-27(26)38-31(42)43-32(3,4)5/h8-9,11-12,14-19,21,25H,6-7,10,13,20H2,1-5H3,(H,36,40)(H,38,42)(H2,35,37,41). The zero-order valence-corrected chi connectivity index (χ0v) is 25.4. The van der Waals surface area contributed by atoms with Crippen LogP contribution in [0.1, 0.15) is 69.6 Å². The number of ether oxygens (including phenoxy) is 1. The molecule has 0 radical (unpaired) electrons. The predicted molar refractivity (Wildman–Crippen MR) is 167 cm³/mol. The van der Waals surface area contributed by atoms with Crippen molar-refractivity contribution in [2.24, 2.45) is 0 Å². The van der Waals surface area contributed by atoms with Crippen molar-refractivity contribution in [2.75, 3.05) is 35.6 Å². The molecule has 0 spiro atoms. The summed E-state index contributed by atoms with van der Waals surface area (Å²) in [5.74, 6) is -0.858. The Morgan fingerprint density at radius 1 is 0.907 bits per heavy atom. The van der Waals surface area contributed by atoms with Gasteiger partial charge in [-0.25, -0.2) is 14.0 Å². The zero-order chi connectivity index (χ0) is 31.4. The smallest absolute Gasteiger partial charge is 0.412 e. The van der Waals surface area contributed by atoms with Crippen molar-refractivity contribution in [3.63, 3.8) is 0 Å². The van der Waals surface area contributed by atoms with E-state index in [1.165, 1.54) is 24.3 Å². The summed E-state index contributed by atoms with van der Waals surface area (Å²) in [4.78, 5) is 44.8. The van der Waals surface area contributed by atoms with Crippen molar-refractivity contribution >= 4 is 35.1 Å². The fraction of sp³-hybridized carbons (Fsp3) is 0.375. The lowest BCUT2D eigenvalue weighted by molar-refractivity contribution is 0.0635. The molecule has 1 heterocycles. The fourth-order valence-electron chi connectivity index (χ4n) is 4.29. The molecule has 3 rings (SSSR count). The predicted octanol–water partition coefficient (Wildman–Crippen LogP) is 6.80. The number of benzene rings is 2. The molecule has 230 valence electrons. The van der Waals surface area contributed by atoms with Gasteiger partial charge in [0.2, 0.25) is 0 Å². The van der Waals surface area contributed by atoms with Gasteiger partial charge in [0.1, 0.15) is 17.1 Å². The highest BCUT2D eigenvalue weighted by Gasteiger charge is 2.20. The molecule has 0 bridgehead atoms. The van der Waals surface area contributed by atoms with Crippen LogP contribution in [0, 0.1) is 5.82 Å². The third kappa shape index (κ3) is 11.0. The van der Waals surface area contributed by atoms with Gasteiger partial charge in [-0.3, -0.25) is 15.1 Å². The second-order valence-corrected chi connectivity index (χ2v) is 10.9. The number of anilines is 3. The molecule has 0 aliphatic carbocycles. The molecule has 2 aromatic carbocycles. The Kier molecular flexibility index (Phi) is 12.0. The van der Waals surface area contributed by atoms with Gasteiger partial charge in [0.25, 0.3) is 5.91 Å². The van der Waals surface area contributed by atoms with Gasteiger partial charge in [0, 0.05) is 11.9 Å². The van der Waals surface area contributed by atoms with Crippen LogP contribution in [-0.2, 0) is 4.74 Å². The lowest BCUT2D eigenvalue weighted by Gasteiger charge is -2.22. The highest BCUT2D eigenvalue weighted by atomic mass is 19.1. The van der Waals surface area contributed by atoms with Gasteiger partial charge in [0.05, 0.1) is 17.4 Å². The van der Waals surface area contributed by atoms with E-state index in [2.05, 4.69) is 45.0 Å². The highest BCUT2D eigenvalue weighted by molar-refractivity contribution is 6.05. The van der Waals surface area contributed by atoms with Crippen molar-refractivity contribution in [3.8, 4) is 0 Å².